The monoisotopic (exact) mass is 247 g/mol. The Balaban J connectivity index is 2.45. The summed E-state index contributed by atoms with van der Waals surface area (Å²) in [4.78, 5) is 13.8. The normalized spacial score (nSPS) is 27.1. The van der Waals surface area contributed by atoms with Crippen LogP contribution in [0.25, 0.3) is 0 Å². The van der Waals surface area contributed by atoms with Crippen molar-refractivity contribution in [2.75, 3.05) is 26.3 Å². The maximum absolute atomic E-state index is 11.9. The average molecular weight is 248 g/mol. The maximum Gasteiger partial charge on any atom is 0.240 e. The van der Waals surface area contributed by atoms with Crippen molar-refractivity contribution < 1.29 is 9.53 Å². The second-order valence-electron chi connectivity index (χ2n) is 4.52. The van der Waals surface area contributed by atoms with Crippen LogP contribution in [0.1, 0.15) is 27.2 Å². The number of hydrogen-bond acceptors (Lipinski definition) is 2. The summed E-state index contributed by atoms with van der Waals surface area (Å²) in [6.45, 7) is 9.21. The first kappa shape index (κ1) is 13.8. The highest BCUT2D eigenvalue weighted by Gasteiger charge is 2.34. The van der Waals surface area contributed by atoms with E-state index in [-0.39, 0.29) is 11.3 Å². The van der Waals surface area contributed by atoms with Gasteiger partial charge in [-0.15, -0.1) is 11.6 Å². The van der Waals surface area contributed by atoms with Crippen molar-refractivity contribution in [3.8, 4) is 0 Å². The first-order chi connectivity index (χ1) is 7.60. The van der Waals surface area contributed by atoms with Crippen molar-refractivity contribution in [1.82, 2.24) is 4.90 Å². The second kappa shape index (κ2) is 6.45. The average Bonchev–Trinajstić information content (AvgIpc) is 2.66. The molecule has 0 bridgehead atoms. The van der Waals surface area contributed by atoms with Crippen molar-refractivity contribution in [2.45, 2.75) is 32.6 Å². The minimum absolute atomic E-state index is 0.0787. The molecular formula is C12H22ClNO2. The van der Waals surface area contributed by atoms with Gasteiger partial charge in [-0.05, 0) is 19.3 Å². The van der Waals surface area contributed by atoms with E-state index in [1.54, 1.807) is 0 Å². The van der Waals surface area contributed by atoms with E-state index < -0.39 is 0 Å². The lowest BCUT2D eigenvalue weighted by Gasteiger charge is -2.18. The number of rotatable bonds is 5. The van der Waals surface area contributed by atoms with Crippen LogP contribution >= 0.6 is 11.6 Å². The molecular weight excluding hydrogens is 226 g/mol. The first-order valence-corrected chi connectivity index (χ1v) is 6.54. The quantitative estimate of drug-likeness (QED) is 0.697. The molecule has 3 atom stereocenters. The minimum Gasteiger partial charge on any atom is -0.381 e. The van der Waals surface area contributed by atoms with E-state index in [0.29, 0.717) is 18.3 Å². The Morgan fingerprint density at radius 1 is 1.50 bits per heavy atom. The van der Waals surface area contributed by atoms with Crippen LogP contribution in [0.15, 0.2) is 0 Å². The highest BCUT2D eigenvalue weighted by atomic mass is 35.5. The third kappa shape index (κ3) is 3.36. The summed E-state index contributed by atoms with van der Waals surface area (Å²) in [6, 6.07) is 0. The Morgan fingerprint density at radius 3 is 2.75 bits per heavy atom. The first-order valence-electron chi connectivity index (χ1n) is 6.10. The maximum atomic E-state index is 11.9. The molecule has 3 nitrogen and oxygen atoms in total. The Labute approximate surface area is 103 Å². The number of nitrogens with zero attached hydrogens (tertiary/aromatic N) is 1. The Kier molecular flexibility index (Phi) is 5.56. The Bertz CT molecular complexity index is 235. The Morgan fingerprint density at radius 2 is 2.19 bits per heavy atom. The minimum atomic E-state index is -0.363. The summed E-state index contributed by atoms with van der Waals surface area (Å²) < 4.78 is 5.43. The van der Waals surface area contributed by atoms with Crippen molar-refractivity contribution in [3.05, 3.63) is 0 Å². The Hall–Kier alpha value is -0.280. The van der Waals surface area contributed by atoms with Crippen molar-refractivity contribution in [3.63, 3.8) is 0 Å². The summed E-state index contributed by atoms with van der Waals surface area (Å²) in [7, 11) is 0. The smallest absolute Gasteiger partial charge is 0.240 e. The van der Waals surface area contributed by atoms with E-state index in [2.05, 4.69) is 6.92 Å². The molecule has 1 fully saturated rings. The van der Waals surface area contributed by atoms with Gasteiger partial charge in [-0.2, -0.15) is 0 Å². The van der Waals surface area contributed by atoms with Gasteiger partial charge in [0.2, 0.25) is 5.91 Å². The molecule has 0 aromatic carbocycles. The van der Waals surface area contributed by atoms with Crippen LogP contribution in [-0.2, 0) is 9.53 Å². The third-order valence-corrected chi connectivity index (χ3v) is 3.74. The van der Waals surface area contributed by atoms with Crippen LogP contribution in [0, 0.1) is 11.8 Å². The number of ether oxygens (including phenoxy) is 1. The number of alkyl halides is 1. The molecule has 0 aromatic rings. The summed E-state index contributed by atoms with van der Waals surface area (Å²) >= 11 is 5.97. The van der Waals surface area contributed by atoms with Gasteiger partial charge in [-0.1, -0.05) is 13.8 Å². The molecule has 1 rings (SSSR count). The molecule has 1 amide bonds. The molecule has 0 spiro atoms. The van der Waals surface area contributed by atoms with E-state index in [1.807, 2.05) is 18.7 Å². The highest BCUT2D eigenvalue weighted by molar-refractivity contribution is 6.30. The lowest BCUT2D eigenvalue weighted by atomic mass is 9.99. The molecule has 0 radical (unpaired) electrons. The zero-order valence-corrected chi connectivity index (χ0v) is 11.2. The predicted octanol–water partition coefficient (Wildman–Crippen LogP) is 2.13. The molecule has 0 aliphatic carbocycles. The molecule has 94 valence electrons. The fraction of sp³-hybridized carbons (Fsp3) is 0.917. The molecule has 16 heavy (non-hydrogen) atoms. The summed E-state index contributed by atoms with van der Waals surface area (Å²) in [5, 5.41) is -0.363. The molecule has 4 heteroatoms. The van der Waals surface area contributed by atoms with E-state index in [9.17, 15) is 4.79 Å². The van der Waals surface area contributed by atoms with Gasteiger partial charge in [0.05, 0.1) is 6.61 Å². The fourth-order valence-electron chi connectivity index (χ4n) is 2.07. The van der Waals surface area contributed by atoms with Crippen LogP contribution in [0.2, 0.25) is 0 Å². The van der Waals surface area contributed by atoms with Crippen molar-refractivity contribution in [1.29, 1.82) is 0 Å². The van der Waals surface area contributed by atoms with E-state index in [0.717, 1.165) is 26.3 Å². The third-order valence-electron chi connectivity index (χ3n) is 3.24. The zero-order chi connectivity index (χ0) is 12.1. The molecule has 0 saturated carbocycles. The zero-order valence-electron chi connectivity index (χ0n) is 10.4. The SMILES string of the molecule is CCOC[C@@H]1CN(C(=O)[C@H](Cl)CC)C[C@@H]1C. The molecule has 0 N–H and O–H groups in total. The van der Waals surface area contributed by atoms with E-state index in [1.165, 1.54) is 0 Å². The number of hydrogen-bond donors (Lipinski definition) is 0. The largest absolute Gasteiger partial charge is 0.381 e. The van der Waals surface area contributed by atoms with Crippen LogP contribution in [0.5, 0.6) is 0 Å². The number of carbonyl (C=O) groups excluding carboxylic acids is 1. The van der Waals surface area contributed by atoms with Crippen molar-refractivity contribution in [2.24, 2.45) is 11.8 Å². The standard InChI is InChI=1S/C12H22ClNO2/c1-4-11(13)12(15)14-6-9(3)10(7-14)8-16-5-2/h9-11H,4-8H2,1-3H3/t9-,10-,11+/m0/s1. The fourth-order valence-corrected chi connectivity index (χ4v) is 2.21. The summed E-state index contributed by atoms with van der Waals surface area (Å²) in [5.41, 5.74) is 0. The predicted molar refractivity (Wildman–Crippen MR) is 65.7 cm³/mol. The number of likely N-dealkylation sites (tertiary alicyclic amines) is 1. The topological polar surface area (TPSA) is 29.5 Å². The van der Waals surface area contributed by atoms with Gasteiger partial charge in [0.15, 0.2) is 0 Å². The van der Waals surface area contributed by atoms with Gasteiger partial charge >= 0.3 is 0 Å². The molecule has 0 aromatic heterocycles. The second-order valence-corrected chi connectivity index (χ2v) is 5.04. The summed E-state index contributed by atoms with van der Waals surface area (Å²) in [5.74, 6) is 1.05. The lowest BCUT2D eigenvalue weighted by Crippen LogP contribution is -2.35. The van der Waals surface area contributed by atoms with Gasteiger partial charge in [0.1, 0.15) is 5.38 Å². The van der Waals surface area contributed by atoms with Gasteiger partial charge in [-0.25, -0.2) is 0 Å². The van der Waals surface area contributed by atoms with Crippen LogP contribution in [0.4, 0.5) is 0 Å². The molecule has 1 aliphatic heterocycles. The highest BCUT2D eigenvalue weighted by Crippen LogP contribution is 2.24. The van der Waals surface area contributed by atoms with Crippen LogP contribution in [-0.4, -0.2) is 42.5 Å². The number of amides is 1. The van der Waals surface area contributed by atoms with Gasteiger partial charge < -0.3 is 9.64 Å². The lowest BCUT2D eigenvalue weighted by molar-refractivity contribution is -0.130. The molecule has 1 heterocycles. The van der Waals surface area contributed by atoms with Crippen LogP contribution < -0.4 is 0 Å². The van der Waals surface area contributed by atoms with Crippen molar-refractivity contribution >= 4 is 17.5 Å². The van der Waals surface area contributed by atoms with E-state index >= 15 is 0 Å². The van der Waals surface area contributed by atoms with Crippen LogP contribution in [0.3, 0.4) is 0 Å². The summed E-state index contributed by atoms with van der Waals surface area (Å²) in [6.07, 6.45) is 0.696. The molecule has 1 aliphatic rings. The number of halogens is 1. The van der Waals surface area contributed by atoms with Gasteiger partial charge in [0, 0.05) is 25.6 Å². The van der Waals surface area contributed by atoms with E-state index in [4.69, 9.17) is 16.3 Å². The molecule has 1 saturated heterocycles. The number of carbonyl (C=O) groups is 1. The van der Waals surface area contributed by atoms with Gasteiger partial charge in [0.25, 0.3) is 0 Å². The van der Waals surface area contributed by atoms with Gasteiger partial charge in [-0.3, -0.25) is 4.79 Å². The molecule has 0 unspecified atom stereocenters.